The fourth-order valence-corrected chi connectivity index (χ4v) is 2.47. The van der Waals surface area contributed by atoms with E-state index in [9.17, 15) is 0 Å². The first-order valence-electron chi connectivity index (χ1n) is 5.41. The second kappa shape index (κ2) is 4.97. The van der Waals surface area contributed by atoms with Crippen LogP contribution in [0.4, 0.5) is 0 Å². The standard InChI is InChI=1S/C12H16ClNO/c13-12-6-9(8-15)3-4-11(12)10-2-1-5-14-7-10/h3-4,6,10,14-15H,1-2,5,7-8H2. The molecule has 0 amide bonds. The van der Waals surface area contributed by atoms with Crippen molar-refractivity contribution in [3.05, 3.63) is 34.3 Å². The molecule has 3 heteroatoms. The van der Waals surface area contributed by atoms with Gasteiger partial charge in [0, 0.05) is 11.6 Å². The summed E-state index contributed by atoms with van der Waals surface area (Å²) in [4.78, 5) is 0. The average molecular weight is 226 g/mol. The Kier molecular flexibility index (Phi) is 3.62. The molecular formula is C12H16ClNO. The average Bonchev–Trinajstić information content (AvgIpc) is 2.30. The summed E-state index contributed by atoms with van der Waals surface area (Å²) >= 11 is 6.20. The van der Waals surface area contributed by atoms with Crippen molar-refractivity contribution in [2.75, 3.05) is 13.1 Å². The summed E-state index contributed by atoms with van der Waals surface area (Å²) in [5, 5.41) is 13.2. The third-order valence-electron chi connectivity index (χ3n) is 2.98. The lowest BCUT2D eigenvalue weighted by molar-refractivity contribution is 0.282. The van der Waals surface area contributed by atoms with E-state index in [-0.39, 0.29) is 6.61 Å². The summed E-state index contributed by atoms with van der Waals surface area (Å²) in [6.07, 6.45) is 2.41. The zero-order valence-corrected chi connectivity index (χ0v) is 9.43. The predicted molar refractivity (Wildman–Crippen MR) is 62.2 cm³/mol. The van der Waals surface area contributed by atoms with Crippen LogP contribution in [0.25, 0.3) is 0 Å². The lowest BCUT2D eigenvalue weighted by Gasteiger charge is -2.24. The lowest BCUT2D eigenvalue weighted by Crippen LogP contribution is -2.28. The van der Waals surface area contributed by atoms with Crippen LogP contribution in [-0.4, -0.2) is 18.2 Å². The highest BCUT2D eigenvalue weighted by Gasteiger charge is 2.17. The summed E-state index contributed by atoms with van der Waals surface area (Å²) < 4.78 is 0. The smallest absolute Gasteiger partial charge is 0.0682 e. The van der Waals surface area contributed by atoms with Crippen molar-refractivity contribution in [2.45, 2.75) is 25.4 Å². The molecule has 1 atom stereocenters. The number of halogens is 1. The Bertz CT molecular complexity index is 334. The molecule has 82 valence electrons. The number of rotatable bonds is 2. The monoisotopic (exact) mass is 225 g/mol. The first kappa shape index (κ1) is 10.9. The third kappa shape index (κ3) is 2.51. The first-order chi connectivity index (χ1) is 7.31. The van der Waals surface area contributed by atoms with Crippen molar-refractivity contribution in [1.82, 2.24) is 5.32 Å². The minimum atomic E-state index is 0.0584. The Hall–Kier alpha value is -0.570. The number of nitrogens with one attached hydrogen (secondary N) is 1. The number of hydrogen-bond donors (Lipinski definition) is 2. The van der Waals surface area contributed by atoms with Crippen LogP contribution in [0, 0.1) is 0 Å². The zero-order valence-electron chi connectivity index (χ0n) is 8.67. The summed E-state index contributed by atoms with van der Waals surface area (Å²) in [5.74, 6) is 0.527. The van der Waals surface area contributed by atoms with E-state index in [0.29, 0.717) is 5.92 Å². The third-order valence-corrected chi connectivity index (χ3v) is 3.31. The molecule has 0 bridgehead atoms. The van der Waals surface area contributed by atoms with Gasteiger partial charge in [-0.3, -0.25) is 0 Å². The quantitative estimate of drug-likeness (QED) is 0.810. The molecular weight excluding hydrogens is 210 g/mol. The molecule has 1 heterocycles. The van der Waals surface area contributed by atoms with E-state index < -0.39 is 0 Å². The normalized spacial score (nSPS) is 21.6. The highest BCUT2D eigenvalue weighted by Crippen LogP contribution is 2.30. The molecule has 1 saturated heterocycles. The van der Waals surface area contributed by atoms with Gasteiger partial charge in [0.1, 0.15) is 0 Å². The second-order valence-corrected chi connectivity index (χ2v) is 4.46. The van der Waals surface area contributed by atoms with Crippen molar-refractivity contribution in [1.29, 1.82) is 0 Å². The maximum atomic E-state index is 8.99. The molecule has 0 aromatic heterocycles. The summed E-state index contributed by atoms with van der Waals surface area (Å²) in [6, 6.07) is 5.87. The molecule has 0 radical (unpaired) electrons. The van der Waals surface area contributed by atoms with Gasteiger partial charge in [0.05, 0.1) is 6.61 Å². The minimum absolute atomic E-state index is 0.0584. The molecule has 1 aliphatic rings. The first-order valence-corrected chi connectivity index (χ1v) is 5.79. The van der Waals surface area contributed by atoms with Crippen molar-refractivity contribution in [2.24, 2.45) is 0 Å². The molecule has 15 heavy (non-hydrogen) atoms. The molecule has 0 aliphatic carbocycles. The minimum Gasteiger partial charge on any atom is -0.392 e. The lowest BCUT2D eigenvalue weighted by atomic mass is 9.91. The Balaban J connectivity index is 2.19. The van der Waals surface area contributed by atoms with Crippen LogP contribution in [0.2, 0.25) is 5.02 Å². The van der Waals surface area contributed by atoms with Gasteiger partial charge < -0.3 is 10.4 Å². The highest BCUT2D eigenvalue weighted by atomic mass is 35.5. The van der Waals surface area contributed by atoms with Gasteiger partial charge in [-0.15, -0.1) is 0 Å². The number of hydrogen-bond acceptors (Lipinski definition) is 2. The summed E-state index contributed by atoms with van der Waals surface area (Å²) in [7, 11) is 0. The molecule has 2 nitrogen and oxygen atoms in total. The number of aliphatic hydroxyl groups is 1. The molecule has 1 unspecified atom stereocenters. The van der Waals surface area contributed by atoms with Crippen LogP contribution >= 0.6 is 11.6 Å². The van der Waals surface area contributed by atoms with Crippen molar-refractivity contribution >= 4 is 11.6 Å². The van der Waals surface area contributed by atoms with Crippen LogP contribution in [0.5, 0.6) is 0 Å². The van der Waals surface area contributed by atoms with Crippen molar-refractivity contribution in [3.63, 3.8) is 0 Å². The topological polar surface area (TPSA) is 32.3 Å². The van der Waals surface area contributed by atoms with Gasteiger partial charge in [0.2, 0.25) is 0 Å². The molecule has 1 fully saturated rings. The molecule has 1 aliphatic heterocycles. The van der Waals surface area contributed by atoms with E-state index in [0.717, 1.165) is 23.7 Å². The fraction of sp³-hybridized carbons (Fsp3) is 0.500. The predicted octanol–water partition coefficient (Wildman–Crippen LogP) is 2.30. The second-order valence-electron chi connectivity index (χ2n) is 4.06. The summed E-state index contributed by atoms with van der Waals surface area (Å²) in [5.41, 5.74) is 2.09. The van der Waals surface area contributed by atoms with Crippen LogP contribution in [0.3, 0.4) is 0 Å². The Morgan fingerprint density at radius 1 is 1.47 bits per heavy atom. The molecule has 1 aromatic carbocycles. The molecule has 0 spiro atoms. The van der Waals surface area contributed by atoms with E-state index in [1.165, 1.54) is 18.4 Å². The van der Waals surface area contributed by atoms with Crippen LogP contribution in [0.1, 0.15) is 29.9 Å². The van der Waals surface area contributed by atoms with Gasteiger partial charge in [-0.1, -0.05) is 23.7 Å². The Morgan fingerprint density at radius 3 is 2.93 bits per heavy atom. The van der Waals surface area contributed by atoms with E-state index in [1.54, 1.807) is 0 Å². The molecule has 2 N–H and O–H groups in total. The maximum Gasteiger partial charge on any atom is 0.0682 e. The van der Waals surface area contributed by atoms with Crippen LogP contribution in [-0.2, 0) is 6.61 Å². The van der Waals surface area contributed by atoms with Crippen molar-refractivity contribution < 1.29 is 5.11 Å². The van der Waals surface area contributed by atoms with E-state index in [4.69, 9.17) is 16.7 Å². The van der Waals surface area contributed by atoms with Crippen molar-refractivity contribution in [3.8, 4) is 0 Å². The molecule has 1 aromatic rings. The fourth-order valence-electron chi connectivity index (χ4n) is 2.12. The zero-order chi connectivity index (χ0) is 10.7. The largest absolute Gasteiger partial charge is 0.392 e. The number of benzene rings is 1. The number of aliphatic hydroxyl groups excluding tert-OH is 1. The SMILES string of the molecule is OCc1ccc(C2CCCNC2)c(Cl)c1. The van der Waals surface area contributed by atoms with E-state index in [2.05, 4.69) is 5.32 Å². The van der Waals surface area contributed by atoms with Crippen LogP contribution < -0.4 is 5.32 Å². The van der Waals surface area contributed by atoms with Gasteiger partial charge in [-0.25, -0.2) is 0 Å². The molecule has 0 saturated carbocycles. The van der Waals surface area contributed by atoms with E-state index >= 15 is 0 Å². The maximum absolute atomic E-state index is 8.99. The van der Waals surface area contributed by atoms with Gasteiger partial charge in [0.15, 0.2) is 0 Å². The van der Waals surface area contributed by atoms with Gasteiger partial charge in [-0.2, -0.15) is 0 Å². The number of piperidine rings is 1. The van der Waals surface area contributed by atoms with Gasteiger partial charge >= 0.3 is 0 Å². The van der Waals surface area contributed by atoms with Gasteiger partial charge in [-0.05, 0) is 42.5 Å². The Labute approximate surface area is 95.3 Å². The van der Waals surface area contributed by atoms with Crippen LogP contribution in [0.15, 0.2) is 18.2 Å². The highest BCUT2D eigenvalue weighted by molar-refractivity contribution is 6.31. The molecule has 2 rings (SSSR count). The van der Waals surface area contributed by atoms with Gasteiger partial charge in [0.25, 0.3) is 0 Å². The Morgan fingerprint density at radius 2 is 2.33 bits per heavy atom. The summed E-state index contributed by atoms with van der Waals surface area (Å²) in [6.45, 7) is 2.18. The van der Waals surface area contributed by atoms with E-state index in [1.807, 2.05) is 18.2 Å².